The van der Waals surface area contributed by atoms with Crippen LogP contribution in [-0.2, 0) is 11.3 Å². The minimum atomic E-state index is -0.212. The lowest BCUT2D eigenvalue weighted by atomic mass is 10.0. The van der Waals surface area contributed by atoms with Crippen LogP contribution >= 0.6 is 11.8 Å². The van der Waals surface area contributed by atoms with E-state index in [0.717, 1.165) is 5.56 Å². The van der Waals surface area contributed by atoms with E-state index in [4.69, 9.17) is 9.47 Å². The Morgan fingerprint density at radius 3 is 1.97 bits per heavy atom. The minimum Gasteiger partial charge on any atom is -0.493 e. The summed E-state index contributed by atoms with van der Waals surface area (Å²) in [6, 6.07) is 26.3. The first kappa shape index (κ1) is 21.8. The molecule has 0 aliphatic carbocycles. The number of carbonyl (C=O) groups is 1. The van der Waals surface area contributed by atoms with Crippen molar-refractivity contribution in [1.82, 2.24) is 5.32 Å². The quantitative estimate of drug-likeness (QED) is 0.514. The van der Waals surface area contributed by atoms with Crippen molar-refractivity contribution in [3.8, 4) is 11.5 Å². The van der Waals surface area contributed by atoms with E-state index in [2.05, 4.69) is 29.6 Å². The van der Waals surface area contributed by atoms with Gasteiger partial charge >= 0.3 is 0 Å². The van der Waals surface area contributed by atoms with Crippen LogP contribution in [-0.4, -0.2) is 25.4 Å². The number of hydrogen-bond acceptors (Lipinski definition) is 4. The average molecular weight is 422 g/mol. The molecule has 4 nitrogen and oxygen atoms in total. The number of nitrogens with one attached hydrogen (secondary N) is 1. The molecule has 0 aromatic heterocycles. The summed E-state index contributed by atoms with van der Waals surface area (Å²) < 4.78 is 10.6. The summed E-state index contributed by atoms with van der Waals surface area (Å²) >= 11 is 1.65. The van der Waals surface area contributed by atoms with Crippen molar-refractivity contribution in [2.75, 3.05) is 14.2 Å². The molecular weight excluding hydrogens is 394 g/mol. The van der Waals surface area contributed by atoms with Crippen LogP contribution in [0.15, 0.2) is 78.9 Å². The summed E-state index contributed by atoms with van der Waals surface area (Å²) in [5.74, 6) is 1.33. The molecule has 0 saturated heterocycles. The van der Waals surface area contributed by atoms with Crippen LogP contribution in [0.1, 0.15) is 28.9 Å². The first-order valence-corrected chi connectivity index (χ1v) is 10.8. The maximum atomic E-state index is 12.8. The van der Waals surface area contributed by atoms with Gasteiger partial charge in [0.2, 0.25) is 5.91 Å². The lowest BCUT2D eigenvalue weighted by Crippen LogP contribution is -2.31. The molecule has 0 spiro atoms. The predicted molar refractivity (Wildman–Crippen MR) is 123 cm³/mol. The van der Waals surface area contributed by atoms with Crippen molar-refractivity contribution in [2.24, 2.45) is 0 Å². The molecule has 3 rings (SSSR count). The molecule has 3 aromatic carbocycles. The molecule has 0 fully saturated rings. The summed E-state index contributed by atoms with van der Waals surface area (Å²) in [4.78, 5) is 12.8. The van der Waals surface area contributed by atoms with Crippen molar-refractivity contribution in [3.63, 3.8) is 0 Å². The Hall–Kier alpha value is -2.92. The molecule has 156 valence electrons. The number of amides is 1. The second-order valence-electron chi connectivity index (χ2n) is 6.89. The Balaban J connectivity index is 1.67. The van der Waals surface area contributed by atoms with Gasteiger partial charge in [-0.3, -0.25) is 4.79 Å². The first-order valence-electron chi connectivity index (χ1n) is 9.86. The summed E-state index contributed by atoms with van der Waals surface area (Å²) in [6.07, 6.45) is 0. The highest BCUT2D eigenvalue weighted by Crippen LogP contribution is 2.38. The minimum absolute atomic E-state index is 0.00615. The van der Waals surface area contributed by atoms with Crippen molar-refractivity contribution in [3.05, 3.63) is 95.6 Å². The smallest absolute Gasteiger partial charge is 0.233 e. The van der Waals surface area contributed by atoms with Crippen LogP contribution < -0.4 is 14.8 Å². The highest BCUT2D eigenvalue weighted by Gasteiger charge is 2.22. The van der Waals surface area contributed by atoms with E-state index in [1.807, 2.05) is 61.5 Å². The number of methoxy groups -OCH3 is 2. The van der Waals surface area contributed by atoms with E-state index in [1.165, 1.54) is 11.1 Å². The topological polar surface area (TPSA) is 47.6 Å². The van der Waals surface area contributed by atoms with E-state index < -0.39 is 0 Å². The van der Waals surface area contributed by atoms with Crippen molar-refractivity contribution in [1.29, 1.82) is 0 Å². The van der Waals surface area contributed by atoms with Gasteiger partial charge in [-0.05, 0) is 35.7 Å². The van der Waals surface area contributed by atoms with Gasteiger partial charge in [0.15, 0.2) is 11.5 Å². The Morgan fingerprint density at radius 1 is 0.867 bits per heavy atom. The zero-order valence-electron chi connectivity index (χ0n) is 17.5. The van der Waals surface area contributed by atoms with Gasteiger partial charge in [0.25, 0.3) is 0 Å². The second kappa shape index (κ2) is 10.7. The number of rotatable bonds is 9. The molecule has 0 aliphatic rings. The largest absolute Gasteiger partial charge is 0.493 e. The Bertz CT molecular complexity index is 908. The number of ether oxygens (including phenoxy) is 2. The highest BCUT2D eigenvalue weighted by atomic mass is 32.2. The first-order chi connectivity index (χ1) is 14.6. The number of carbonyl (C=O) groups excluding carboxylic acids is 1. The third kappa shape index (κ3) is 5.57. The Morgan fingerprint density at radius 2 is 1.43 bits per heavy atom. The van der Waals surface area contributed by atoms with E-state index >= 15 is 0 Å². The molecule has 1 atom stereocenters. The fourth-order valence-electron chi connectivity index (χ4n) is 3.19. The molecule has 1 N–H and O–H groups in total. The SMILES string of the molecule is COc1ccc(CNC(=O)C(C)SC(c2ccccc2)c2ccccc2)cc1OC. The number of hydrogen-bond donors (Lipinski definition) is 1. The van der Waals surface area contributed by atoms with Gasteiger partial charge < -0.3 is 14.8 Å². The molecule has 0 bridgehead atoms. The molecule has 1 unspecified atom stereocenters. The van der Waals surface area contributed by atoms with Crippen LogP contribution in [0.4, 0.5) is 0 Å². The van der Waals surface area contributed by atoms with Gasteiger partial charge in [-0.15, -0.1) is 11.8 Å². The van der Waals surface area contributed by atoms with Gasteiger partial charge in [-0.1, -0.05) is 66.7 Å². The molecule has 0 radical (unpaired) electrons. The van der Waals surface area contributed by atoms with Crippen LogP contribution in [0.5, 0.6) is 11.5 Å². The maximum absolute atomic E-state index is 12.8. The standard InChI is InChI=1S/C25H27NO3S/c1-18(25(27)26-17-19-14-15-22(28-2)23(16-19)29-3)30-24(20-10-6-4-7-11-20)21-12-8-5-9-13-21/h4-16,18,24H,17H2,1-3H3,(H,26,27). The van der Waals surface area contributed by atoms with E-state index in [9.17, 15) is 4.79 Å². The predicted octanol–water partition coefficient (Wildman–Crippen LogP) is 5.23. The zero-order valence-corrected chi connectivity index (χ0v) is 18.3. The van der Waals surface area contributed by atoms with Crippen LogP contribution in [0, 0.1) is 0 Å². The lowest BCUT2D eigenvalue weighted by Gasteiger charge is -2.21. The van der Waals surface area contributed by atoms with Crippen LogP contribution in [0.2, 0.25) is 0 Å². The fourth-order valence-corrected chi connectivity index (χ4v) is 4.44. The van der Waals surface area contributed by atoms with Crippen molar-refractivity contribution >= 4 is 17.7 Å². The Kier molecular flexibility index (Phi) is 7.80. The van der Waals surface area contributed by atoms with Gasteiger partial charge in [-0.25, -0.2) is 0 Å². The van der Waals surface area contributed by atoms with Gasteiger partial charge in [0.05, 0.1) is 24.7 Å². The molecule has 0 heterocycles. The molecule has 1 amide bonds. The van der Waals surface area contributed by atoms with Gasteiger partial charge in [0.1, 0.15) is 0 Å². The summed E-state index contributed by atoms with van der Waals surface area (Å²) in [5.41, 5.74) is 3.34. The fraction of sp³-hybridized carbons (Fsp3) is 0.240. The zero-order chi connectivity index (χ0) is 21.3. The molecule has 5 heteroatoms. The van der Waals surface area contributed by atoms with Crippen molar-refractivity contribution in [2.45, 2.75) is 24.0 Å². The van der Waals surface area contributed by atoms with Gasteiger partial charge in [-0.2, -0.15) is 0 Å². The second-order valence-corrected chi connectivity index (χ2v) is 8.34. The number of thioether (sulfide) groups is 1. The molecule has 30 heavy (non-hydrogen) atoms. The third-order valence-electron chi connectivity index (χ3n) is 4.83. The molecule has 0 saturated carbocycles. The number of benzene rings is 3. The maximum Gasteiger partial charge on any atom is 0.233 e. The van der Waals surface area contributed by atoms with Crippen molar-refractivity contribution < 1.29 is 14.3 Å². The van der Waals surface area contributed by atoms with Gasteiger partial charge in [0, 0.05) is 6.54 Å². The molecule has 0 aliphatic heterocycles. The van der Waals surface area contributed by atoms with E-state index in [-0.39, 0.29) is 16.4 Å². The van der Waals surface area contributed by atoms with E-state index in [0.29, 0.717) is 18.0 Å². The molecule has 3 aromatic rings. The monoisotopic (exact) mass is 421 g/mol. The Labute approximate surface area is 182 Å². The highest BCUT2D eigenvalue weighted by molar-refractivity contribution is 8.01. The van der Waals surface area contributed by atoms with Crippen LogP contribution in [0.25, 0.3) is 0 Å². The molecular formula is C25H27NO3S. The van der Waals surface area contributed by atoms with E-state index in [1.54, 1.807) is 26.0 Å². The third-order valence-corrected chi connectivity index (χ3v) is 6.27. The summed E-state index contributed by atoms with van der Waals surface area (Å²) in [6.45, 7) is 2.39. The average Bonchev–Trinajstić information content (AvgIpc) is 2.81. The summed E-state index contributed by atoms with van der Waals surface area (Å²) in [5, 5.41) is 2.92. The van der Waals surface area contributed by atoms with Crippen LogP contribution in [0.3, 0.4) is 0 Å². The lowest BCUT2D eigenvalue weighted by molar-refractivity contribution is -0.120. The summed E-state index contributed by atoms with van der Waals surface area (Å²) in [7, 11) is 3.21. The normalized spacial score (nSPS) is 11.7.